The van der Waals surface area contributed by atoms with Gasteiger partial charge in [-0.25, -0.2) is 4.39 Å². The summed E-state index contributed by atoms with van der Waals surface area (Å²) >= 11 is 0. The summed E-state index contributed by atoms with van der Waals surface area (Å²) in [5.41, 5.74) is 1.83. The molecule has 0 saturated carbocycles. The molecule has 2 rings (SSSR count). The lowest BCUT2D eigenvalue weighted by molar-refractivity contribution is 0.0627. The van der Waals surface area contributed by atoms with E-state index in [4.69, 9.17) is 4.74 Å². The molecule has 1 aromatic rings. The Hall–Kier alpha value is -0.970. The standard InChI is InChI=1S/C13H18FNO2/c1-17-8-9(16)7-15-13-6-5-10-11(13)3-2-4-12(10)14/h2-4,9,13,15-16H,5-8H2,1H3. The Labute approximate surface area is 101 Å². The maximum Gasteiger partial charge on any atom is 0.126 e. The fraction of sp³-hybridized carbons (Fsp3) is 0.538. The van der Waals surface area contributed by atoms with Crippen LogP contribution in [-0.4, -0.2) is 31.5 Å². The summed E-state index contributed by atoms with van der Waals surface area (Å²) in [7, 11) is 1.56. The first-order valence-electron chi connectivity index (χ1n) is 5.90. The molecule has 1 aliphatic carbocycles. The van der Waals surface area contributed by atoms with E-state index in [1.165, 1.54) is 6.07 Å². The molecule has 1 aromatic carbocycles. The van der Waals surface area contributed by atoms with Gasteiger partial charge in [0.1, 0.15) is 5.82 Å². The van der Waals surface area contributed by atoms with Crippen molar-refractivity contribution >= 4 is 0 Å². The number of hydrogen-bond acceptors (Lipinski definition) is 3. The van der Waals surface area contributed by atoms with Gasteiger partial charge in [-0.2, -0.15) is 0 Å². The Kier molecular flexibility index (Phi) is 4.10. The third-order valence-electron chi connectivity index (χ3n) is 3.17. The molecular formula is C13H18FNO2. The highest BCUT2D eigenvalue weighted by molar-refractivity contribution is 5.35. The number of aliphatic hydroxyl groups excluding tert-OH is 1. The molecule has 0 aromatic heterocycles. The van der Waals surface area contributed by atoms with Crippen LogP contribution in [0, 0.1) is 5.82 Å². The number of benzene rings is 1. The number of ether oxygens (including phenoxy) is 1. The molecule has 94 valence electrons. The number of nitrogens with one attached hydrogen (secondary N) is 1. The van der Waals surface area contributed by atoms with Gasteiger partial charge in [-0.1, -0.05) is 12.1 Å². The van der Waals surface area contributed by atoms with Gasteiger partial charge in [-0.15, -0.1) is 0 Å². The van der Waals surface area contributed by atoms with Gasteiger partial charge in [0.15, 0.2) is 0 Å². The zero-order chi connectivity index (χ0) is 12.3. The Bertz CT molecular complexity index is 384. The molecule has 1 aliphatic rings. The number of aliphatic hydroxyl groups is 1. The van der Waals surface area contributed by atoms with E-state index in [0.717, 1.165) is 24.0 Å². The zero-order valence-corrected chi connectivity index (χ0v) is 9.95. The second kappa shape index (κ2) is 5.58. The van der Waals surface area contributed by atoms with E-state index in [1.54, 1.807) is 13.2 Å². The quantitative estimate of drug-likeness (QED) is 0.816. The van der Waals surface area contributed by atoms with E-state index >= 15 is 0 Å². The number of methoxy groups -OCH3 is 1. The predicted molar refractivity (Wildman–Crippen MR) is 63.3 cm³/mol. The van der Waals surface area contributed by atoms with Crippen molar-refractivity contribution in [2.45, 2.75) is 25.0 Å². The predicted octanol–water partition coefficient (Wildman–Crippen LogP) is 1.41. The second-order valence-corrected chi connectivity index (χ2v) is 4.42. The van der Waals surface area contributed by atoms with E-state index in [2.05, 4.69) is 5.32 Å². The van der Waals surface area contributed by atoms with Gasteiger partial charge in [-0.05, 0) is 30.0 Å². The SMILES string of the molecule is COCC(O)CNC1CCc2c(F)cccc21. The Balaban J connectivity index is 1.96. The van der Waals surface area contributed by atoms with Gasteiger partial charge < -0.3 is 15.2 Å². The monoisotopic (exact) mass is 239 g/mol. The molecule has 0 fully saturated rings. The van der Waals surface area contributed by atoms with Crippen LogP contribution in [0.25, 0.3) is 0 Å². The first-order valence-corrected chi connectivity index (χ1v) is 5.90. The van der Waals surface area contributed by atoms with Gasteiger partial charge in [0, 0.05) is 19.7 Å². The minimum atomic E-state index is -0.516. The van der Waals surface area contributed by atoms with Gasteiger partial charge >= 0.3 is 0 Å². The van der Waals surface area contributed by atoms with Crippen molar-refractivity contribution in [2.24, 2.45) is 0 Å². The fourth-order valence-electron chi connectivity index (χ4n) is 2.35. The van der Waals surface area contributed by atoms with Crippen LogP contribution < -0.4 is 5.32 Å². The number of rotatable bonds is 5. The topological polar surface area (TPSA) is 41.5 Å². The molecular weight excluding hydrogens is 221 g/mol. The van der Waals surface area contributed by atoms with E-state index in [9.17, 15) is 9.50 Å². The van der Waals surface area contributed by atoms with Crippen molar-refractivity contribution in [3.63, 3.8) is 0 Å². The van der Waals surface area contributed by atoms with E-state index in [-0.39, 0.29) is 11.9 Å². The van der Waals surface area contributed by atoms with Crippen molar-refractivity contribution < 1.29 is 14.2 Å². The molecule has 0 saturated heterocycles. The van der Waals surface area contributed by atoms with E-state index in [1.807, 2.05) is 6.07 Å². The van der Waals surface area contributed by atoms with Crippen LogP contribution in [0.15, 0.2) is 18.2 Å². The third-order valence-corrected chi connectivity index (χ3v) is 3.17. The highest BCUT2D eigenvalue weighted by Gasteiger charge is 2.24. The van der Waals surface area contributed by atoms with Crippen LogP contribution in [0.1, 0.15) is 23.6 Å². The van der Waals surface area contributed by atoms with Gasteiger partial charge in [0.2, 0.25) is 0 Å². The molecule has 2 unspecified atom stereocenters. The average Bonchev–Trinajstić information content (AvgIpc) is 2.72. The molecule has 0 amide bonds. The van der Waals surface area contributed by atoms with Crippen LogP contribution in [0.2, 0.25) is 0 Å². The van der Waals surface area contributed by atoms with Crippen LogP contribution >= 0.6 is 0 Å². The third kappa shape index (κ3) is 2.83. The van der Waals surface area contributed by atoms with Crippen LogP contribution in [0.4, 0.5) is 4.39 Å². The average molecular weight is 239 g/mol. The maximum atomic E-state index is 13.5. The second-order valence-electron chi connectivity index (χ2n) is 4.42. The smallest absolute Gasteiger partial charge is 0.126 e. The summed E-state index contributed by atoms with van der Waals surface area (Å²) in [4.78, 5) is 0. The van der Waals surface area contributed by atoms with Crippen molar-refractivity contribution in [3.8, 4) is 0 Å². The molecule has 0 radical (unpaired) electrons. The highest BCUT2D eigenvalue weighted by Crippen LogP contribution is 2.32. The molecule has 0 heterocycles. The van der Waals surface area contributed by atoms with E-state index in [0.29, 0.717) is 13.2 Å². The van der Waals surface area contributed by atoms with E-state index < -0.39 is 6.10 Å². The summed E-state index contributed by atoms with van der Waals surface area (Å²) in [6.45, 7) is 0.782. The largest absolute Gasteiger partial charge is 0.389 e. The molecule has 17 heavy (non-hydrogen) atoms. The van der Waals surface area contributed by atoms with Gasteiger partial charge in [0.25, 0.3) is 0 Å². The fourth-order valence-corrected chi connectivity index (χ4v) is 2.35. The van der Waals surface area contributed by atoms with Gasteiger partial charge in [-0.3, -0.25) is 0 Å². The lowest BCUT2D eigenvalue weighted by Gasteiger charge is -2.17. The van der Waals surface area contributed by atoms with Crippen LogP contribution in [0.3, 0.4) is 0 Å². The Morgan fingerprint density at radius 3 is 3.18 bits per heavy atom. The van der Waals surface area contributed by atoms with Crippen molar-refractivity contribution in [1.82, 2.24) is 5.32 Å². The lowest BCUT2D eigenvalue weighted by atomic mass is 10.1. The summed E-state index contributed by atoms with van der Waals surface area (Å²) in [6, 6.07) is 5.33. The first kappa shape index (κ1) is 12.5. The van der Waals surface area contributed by atoms with Crippen LogP contribution in [0.5, 0.6) is 0 Å². The molecule has 3 nitrogen and oxygen atoms in total. The minimum absolute atomic E-state index is 0.121. The molecule has 0 bridgehead atoms. The maximum absolute atomic E-state index is 13.5. The minimum Gasteiger partial charge on any atom is -0.389 e. The highest BCUT2D eigenvalue weighted by atomic mass is 19.1. The lowest BCUT2D eigenvalue weighted by Crippen LogP contribution is -2.32. The normalized spacial score (nSPS) is 20.3. The summed E-state index contributed by atoms with van der Waals surface area (Å²) in [5, 5.41) is 12.8. The van der Waals surface area contributed by atoms with Crippen LogP contribution in [-0.2, 0) is 11.2 Å². The van der Waals surface area contributed by atoms with Gasteiger partial charge in [0.05, 0.1) is 12.7 Å². The number of halogens is 1. The zero-order valence-electron chi connectivity index (χ0n) is 9.95. The summed E-state index contributed by atoms with van der Waals surface area (Å²) < 4.78 is 18.3. The summed E-state index contributed by atoms with van der Waals surface area (Å²) in [5.74, 6) is -0.121. The molecule has 0 aliphatic heterocycles. The van der Waals surface area contributed by atoms with Crippen molar-refractivity contribution in [2.75, 3.05) is 20.3 Å². The molecule has 4 heteroatoms. The summed E-state index contributed by atoms with van der Waals surface area (Å²) in [6.07, 6.45) is 1.13. The Morgan fingerprint density at radius 1 is 1.59 bits per heavy atom. The first-order chi connectivity index (χ1) is 8.22. The molecule has 2 N–H and O–H groups in total. The van der Waals surface area contributed by atoms with Crippen molar-refractivity contribution in [1.29, 1.82) is 0 Å². The molecule has 2 atom stereocenters. The molecule has 0 spiro atoms. The number of hydrogen-bond donors (Lipinski definition) is 2. The Morgan fingerprint density at radius 2 is 2.41 bits per heavy atom. The van der Waals surface area contributed by atoms with Crippen molar-refractivity contribution in [3.05, 3.63) is 35.1 Å². The number of fused-ring (bicyclic) bond motifs is 1.